The van der Waals surface area contributed by atoms with Crippen molar-refractivity contribution >= 4 is 5.97 Å². The summed E-state index contributed by atoms with van der Waals surface area (Å²) in [5.41, 5.74) is 0. The van der Waals surface area contributed by atoms with Gasteiger partial charge in [-0.25, -0.2) is 0 Å². The molecule has 1 aromatic carbocycles. The minimum Gasteiger partial charge on any atom is -0.490 e. The lowest BCUT2D eigenvalue weighted by molar-refractivity contribution is -0.145. The topological polar surface area (TPSA) is 35.5 Å². The van der Waals surface area contributed by atoms with Gasteiger partial charge in [0, 0.05) is 6.42 Å². The summed E-state index contributed by atoms with van der Waals surface area (Å²) in [7, 11) is 0. The molecular formula is C16H22O3. The predicted octanol–water partition coefficient (Wildman–Crippen LogP) is 3.58. The molecule has 1 aliphatic heterocycles. The first-order chi connectivity index (χ1) is 9.29. The van der Waals surface area contributed by atoms with Crippen molar-refractivity contribution in [3.05, 3.63) is 30.3 Å². The van der Waals surface area contributed by atoms with Crippen molar-refractivity contribution in [2.24, 2.45) is 5.92 Å². The molecule has 1 heterocycles. The molecule has 3 heteroatoms. The Bertz CT molecular complexity index is 388. The Morgan fingerprint density at radius 3 is 2.79 bits per heavy atom. The smallest absolute Gasteiger partial charge is 0.309 e. The average molecular weight is 262 g/mol. The molecule has 0 amide bonds. The molecule has 0 saturated carbocycles. The molecule has 2 atom stereocenters. The number of carbonyl (C=O) groups excluding carboxylic acids is 1. The van der Waals surface area contributed by atoms with E-state index in [0.29, 0.717) is 6.61 Å². The molecular weight excluding hydrogens is 240 g/mol. The van der Waals surface area contributed by atoms with Gasteiger partial charge in [-0.05, 0) is 18.6 Å². The van der Waals surface area contributed by atoms with E-state index in [9.17, 15) is 4.79 Å². The number of rotatable bonds is 7. The summed E-state index contributed by atoms with van der Waals surface area (Å²) in [5, 5.41) is 0. The van der Waals surface area contributed by atoms with Crippen LogP contribution in [0.25, 0.3) is 0 Å². The molecule has 19 heavy (non-hydrogen) atoms. The van der Waals surface area contributed by atoms with Crippen LogP contribution >= 0.6 is 0 Å². The summed E-state index contributed by atoms with van der Waals surface area (Å²) in [6, 6.07) is 9.64. The molecule has 0 aliphatic carbocycles. The molecule has 0 radical (unpaired) electrons. The van der Waals surface area contributed by atoms with Crippen LogP contribution in [0.15, 0.2) is 30.3 Å². The molecule has 0 bridgehead atoms. The normalized spacial score (nSPS) is 22.3. The lowest BCUT2D eigenvalue weighted by atomic mass is 9.98. The van der Waals surface area contributed by atoms with Gasteiger partial charge in [-0.1, -0.05) is 44.4 Å². The number of carbonyl (C=O) groups is 1. The molecule has 1 aromatic rings. The molecule has 0 aromatic heterocycles. The minimum absolute atomic E-state index is 0.0437. The second-order valence-corrected chi connectivity index (χ2v) is 5.11. The predicted molar refractivity (Wildman–Crippen MR) is 74.1 cm³/mol. The lowest BCUT2D eigenvalue weighted by Crippen LogP contribution is -2.17. The van der Waals surface area contributed by atoms with Gasteiger partial charge in [0.15, 0.2) is 0 Å². The highest BCUT2D eigenvalue weighted by Crippen LogP contribution is 2.26. The van der Waals surface area contributed by atoms with E-state index in [1.165, 1.54) is 12.8 Å². The van der Waals surface area contributed by atoms with E-state index in [-0.39, 0.29) is 18.0 Å². The average Bonchev–Trinajstić information content (AvgIpc) is 2.79. The maximum atomic E-state index is 11.7. The zero-order valence-electron chi connectivity index (χ0n) is 11.5. The van der Waals surface area contributed by atoms with Crippen molar-refractivity contribution in [3.63, 3.8) is 0 Å². The van der Waals surface area contributed by atoms with Gasteiger partial charge in [0.05, 0.1) is 5.92 Å². The lowest BCUT2D eigenvalue weighted by Gasteiger charge is -2.10. The Balaban J connectivity index is 1.73. The van der Waals surface area contributed by atoms with Gasteiger partial charge in [0.2, 0.25) is 0 Å². The SMILES string of the molecule is CCCCC[C@@H]1C[C@H](COc2ccccc2)OC1=O. The monoisotopic (exact) mass is 262 g/mol. The van der Waals surface area contributed by atoms with Gasteiger partial charge >= 0.3 is 5.97 Å². The number of benzene rings is 1. The first-order valence-electron chi connectivity index (χ1n) is 7.18. The second kappa shape index (κ2) is 7.17. The Morgan fingerprint density at radius 2 is 2.05 bits per heavy atom. The summed E-state index contributed by atoms with van der Waals surface area (Å²) >= 11 is 0. The van der Waals surface area contributed by atoms with E-state index in [1.807, 2.05) is 30.3 Å². The van der Waals surface area contributed by atoms with Crippen molar-refractivity contribution in [1.82, 2.24) is 0 Å². The van der Waals surface area contributed by atoms with Gasteiger partial charge in [0.25, 0.3) is 0 Å². The highest BCUT2D eigenvalue weighted by molar-refractivity contribution is 5.74. The number of cyclic esters (lactones) is 1. The van der Waals surface area contributed by atoms with Crippen molar-refractivity contribution in [3.8, 4) is 5.75 Å². The molecule has 104 valence electrons. The molecule has 2 rings (SSSR count). The van der Waals surface area contributed by atoms with Crippen molar-refractivity contribution in [2.45, 2.75) is 45.1 Å². The third-order valence-electron chi connectivity index (χ3n) is 3.50. The molecule has 1 saturated heterocycles. The number of ether oxygens (including phenoxy) is 2. The van der Waals surface area contributed by atoms with Gasteiger partial charge < -0.3 is 9.47 Å². The standard InChI is InChI=1S/C16H22O3/c1-2-3-5-8-13-11-15(19-16(13)17)12-18-14-9-6-4-7-10-14/h4,6-7,9-10,13,15H,2-3,5,8,11-12H2,1H3/t13-,15-/m1/s1. The number of hydrogen-bond donors (Lipinski definition) is 0. The fourth-order valence-corrected chi connectivity index (χ4v) is 2.41. The van der Waals surface area contributed by atoms with Crippen LogP contribution in [-0.4, -0.2) is 18.7 Å². The van der Waals surface area contributed by atoms with Crippen LogP contribution in [0.1, 0.15) is 39.0 Å². The van der Waals surface area contributed by atoms with Crippen molar-refractivity contribution in [2.75, 3.05) is 6.61 Å². The van der Waals surface area contributed by atoms with E-state index in [2.05, 4.69) is 6.92 Å². The van der Waals surface area contributed by atoms with Crippen LogP contribution in [0.4, 0.5) is 0 Å². The third kappa shape index (κ3) is 4.27. The molecule has 0 spiro atoms. The molecule has 0 unspecified atom stereocenters. The minimum atomic E-state index is -0.0840. The molecule has 1 aliphatic rings. The molecule has 3 nitrogen and oxygen atoms in total. The summed E-state index contributed by atoms with van der Waals surface area (Å²) < 4.78 is 11.0. The number of esters is 1. The number of unbranched alkanes of at least 4 members (excludes halogenated alkanes) is 2. The van der Waals surface area contributed by atoms with Gasteiger partial charge in [0.1, 0.15) is 18.5 Å². The first-order valence-corrected chi connectivity index (χ1v) is 7.18. The highest BCUT2D eigenvalue weighted by Gasteiger charge is 2.34. The largest absolute Gasteiger partial charge is 0.490 e. The molecule has 0 N–H and O–H groups in total. The second-order valence-electron chi connectivity index (χ2n) is 5.11. The summed E-state index contributed by atoms with van der Waals surface area (Å²) in [6.07, 6.45) is 5.16. The summed E-state index contributed by atoms with van der Waals surface area (Å²) in [5.74, 6) is 0.863. The van der Waals surface area contributed by atoms with Crippen LogP contribution in [0.3, 0.4) is 0 Å². The van der Waals surface area contributed by atoms with E-state index in [4.69, 9.17) is 9.47 Å². The van der Waals surface area contributed by atoms with Crippen molar-refractivity contribution < 1.29 is 14.3 Å². The Hall–Kier alpha value is -1.51. The first kappa shape index (κ1) is 13.9. The molecule has 1 fully saturated rings. The van der Waals surface area contributed by atoms with Gasteiger partial charge in [-0.2, -0.15) is 0 Å². The van der Waals surface area contributed by atoms with Crippen LogP contribution in [0.5, 0.6) is 5.75 Å². The van der Waals surface area contributed by atoms with Gasteiger partial charge in [-0.3, -0.25) is 4.79 Å². The zero-order chi connectivity index (χ0) is 13.5. The number of hydrogen-bond acceptors (Lipinski definition) is 3. The quantitative estimate of drug-likeness (QED) is 0.556. The third-order valence-corrected chi connectivity index (χ3v) is 3.50. The van der Waals surface area contributed by atoms with E-state index < -0.39 is 0 Å². The Kier molecular flexibility index (Phi) is 5.25. The summed E-state index contributed by atoms with van der Waals surface area (Å²) in [4.78, 5) is 11.7. The summed E-state index contributed by atoms with van der Waals surface area (Å²) in [6.45, 7) is 2.63. The Labute approximate surface area is 114 Å². The fourth-order valence-electron chi connectivity index (χ4n) is 2.41. The van der Waals surface area contributed by atoms with E-state index in [0.717, 1.165) is 25.0 Å². The van der Waals surface area contributed by atoms with E-state index in [1.54, 1.807) is 0 Å². The zero-order valence-corrected chi connectivity index (χ0v) is 11.5. The van der Waals surface area contributed by atoms with Crippen molar-refractivity contribution in [1.29, 1.82) is 0 Å². The maximum absolute atomic E-state index is 11.7. The maximum Gasteiger partial charge on any atom is 0.309 e. The van der Waals surface area contributed by atoms with E-state index >= 15 is 0 Å². The number of para-hydroxylation sites is 1. The Morgan fingerprint density at radius 1 is 1.26 bits per heavy atom. The fraction of sp³-hybridized carbons (Fsp3) is 0.562. The van der Waals surface area contributed by atoms with Crippen LogP contribution in [-0.2, 0) is 9.53 Å². The van der Waals surface area contributed by atoms with Crippen LogP contribution < -0.4 is 4.74 Å². The van der Waals surface area contributed by atoms with Crippen LogP contribution in [0.2, 0.25) is 0 Å². The highest BCUT2D eigenvalue weighted by atomic mass is 16.6. The van der Waals surface area contributed by atoms with Gasteiger partial charge in [-0.15, -0.1) is 0 Å². The van der Waals surface area contributed by atoms with Crippen LogP contribution in [0, 0.1) is 5.92 Å².